The summed E-state index contributed by atoms with van der Waals surface area (Å²) in [6.45, 7) is 0. The number of pyridine rings is 1. The van der Waals surface area contributed by atoms with E-state index in [1.807, 2.05) is 0 Å². The molecule has 0 aliphatic heterocycles. The maximum Gasteiger partial charge on any atom is 0.295 e. The molecule has 0 saturated heterocycles. The van der Waals surface area contributed by atoms with Crippen molar-refractivity contribution in [3.05, 3.63) is 40.6 Å². The van der Waals surface area contributed by atoms with Crippen LogP contribution in [0, 0.1) is 10.1 Å². The van der Waals surface area contributed by atoms with Gasteiger partial charge in [0.15, 0.2) is 9.84 Å². The van der Waals surface area contributed by atoms with Crippen LogP contribution in [0.5, 0.6) is 0 Å². The summed E-state index contributed by atoms with van der Waals surface area (Å²) >= 11 is 0. The Labute approximate surface area is 97.0 Å². The highest BCUT2D eigenvalue weighted by atomic mass is 32.2. The number of hydrogen-bond acceptors (Lipinski definition) is 5. The van der Waals surface area contributed by atoms with Crippen LogP contribution in [0.3, 0.4) is 0 Å². The number of aromatic nitrogens is 1. The summed E-state index contributed by atoms with van der Waals surface area (Å²) in [5.41, 5.74) is -0.117. The number of nitro benzene ring substituents is 1. The first kappa shape index (κ1) is 11.5. The fraction of sp³-hybridized carbons (Fsp3) is 0.100. The van der Waals surface area contributed by atoms with E-state index in [9.17, 15) is 18.5 Å². The van der Waals surface area contributed by atoms with Crippen LogP contribution < -0.4 is 0 Å². The molecule has 7 heteroatoms. The second-order valence-corrected chi connectivity index (χ2v) is 5.50. The van der Waals surface area contributed by atoms with Gasteiger partial charge in [0.25, 0.3) is 5.69 Å². The minimum atomic E-state index is -3.43. The number of non-ortho nitro benzene ring substituents is 1. The van der Waals surface area contributed by atoms with Crippen LogP contribution in [0.4, 0.5) is 5.69 Å². The Balaban J connectivity index is 2.95. The zero-order valence-electron chi connectivity index (χ0n) is 8.82. The number of fused-ring (bicyclic) bond motifs is 1. The van der Waals surface area contributed by atoms with Gasteiger partial charge in [-0.1, -0.05) is 0 Å². The van der Waals surface area contributed by atoms with Gasteiger partial charge in [0, 0.05) is 23.9 Å². The summed E-state index contributed by atoms with van der Waals surface area (Å²) in [7, 11) is -3.43. The number of nitro groups is 1. The van der Waals surface area contributed by atoms with Gasteiger partial charge >= 0.3 is 0 Å². The van der Waals surface area contributed by atoms with E-state index >= 15 is 0 Å². The van der Waals surface area contributed by atoms with E-state index in [0.29, 0.717) is 0 Å². The average Bonchev–Trinajstić information content (AvgIpc) is 2.26. The number of sulfone groups is 1. The van der Waals surface area contributed by atoms with Gasteiger partial charge in [-0.25, -0.2) is 13.4 Å². The van der Waals surface area contributed by atoms with Crippen LogP contribution in [0.15, 0.2) is 35.4 Å². The fourth-order valence-corrected chi connectivity index (χ4v) is 2.48. The molecule has 6 nitrogen and oxygen atoms in total. The molecule has 0 bridgehead atoms. The first-order valence-corrected chi connectivity index (χ1v) is 6.52. The largest absolute Gasteiger partial charge is 0.295 e. The Bertz CT molecular complexity index is 709. The molecule has 88 valence electrons. The molecule has 2 aromatic rings. The maximum absolute atomic E-state index is 11.5. The average molecular weight is 252 g/mol. The molecular weight excluding hydrogens is 244 g/mol. The molecule has 1 aromatic heterocycles. The molecule has 0 spiro atoms. The lowest BCUT2D eigenvalue weighted by Gasteiger charge is -2.04. The second kappa shape index (κ2) is 3.77. The van der Waals surface area contributed by atoms with E-state index in [4.69, 9.17) is 0 Å². The summed E-state index contributed by atoms with van der Waals surface area (Å²) in [6, 6.07) is 5.44. The van der Waals surface area contributed by atoms with Gasteiger partial charge in [-0.15, -0.1) is 0 Å². The Kier molecular flexibility index (Phi) is 2.55. The standard InChI is InChI=1S/C10H8N2O4S/c1-17(15,16)9-5-4-8(12(13)14)10-7(9)3-2-6-11-10/h2-6H,1H3. The molecule has 0 amide bonds. The first-order valence-electron chi connectivity index (χ1n) is 4.63. The van der Waals surface area contributed by atoms with Crippen molar-refractivity contribution >= 4 is 26.4 Å². The van der Waals surface area contributed by atoms with Gasteiger partial charge in [0.05, 0.1) is 9.82 Å². The normalized spacial score (nSPS) is 11.6. The van der Waals surface area contributed by atoms with Crippen molar-refractivity contribution in [1.82, 2.24) is 4.98 Å². The van der Waals surface area contributed by atoms with Gasteiger partial charge < -0.3 is 0 Å². The van der Waals surface area contributed by atoms with E-state index in [1.165, 1.54) is 18.3 Å². The van der Waals surface area contributed by atoms with Crippen molar-refractivity contribution in [2.45, 2.75) is 4.90 Å². The van der Waals surface area contributed by atoms with Crippen molar-refractivity contribution in [1.29, 1.82) is 0 Å². The second-order valence-electron chi connectivity index (χ2n) is 3.51. The minimum absolute atomic E-state index is 0.0474. The van der Waals surface area contributed by atoms with Crippen molar-refractivity contribution in [3.8, 4) is 0 Å². The van der Waals surface area contributed by atoms with E-state index < -0.39 is 14.8 Å². The Hall–Kier alpha value is -2.02. The SMILES string of the molecule is CS(=O)(=O)c1ccc([N+](=O)[O-])c2ncccc12. The Morgan fingerprint density at radius 2 is 2.00 bits per heavy atom. The van der Waals surface area contributed by atoms with Crippen LogP contribution in [-0.4, -0.2) is 24.6 Å². The van der Waals surface area contributed by atoms with Gasteiger partial charge in [-0.3, -0.25) is 10.1 Å². The zero-order valence-corrected chi connectivity index (χ0v) is 9.64. The molecule has 0 atom stereocenters. The highest BCUT2D eigenvalue weighted by Crippen LogP contribution is 2.28. The first-order chi connectivity index (χ1) is 7.91. The fourth-order valence-electron chi connectivity index (χ4n) is 1.60. The van der Waals surface area contributed by atoms with E-state index in [0.717, 1.165) is 12.3 Å². The third kappa shape index (κ3) is 1.96. The van der Waals surface area contributed by atoms with Crippen LogP contribution in [0.1, 0.15) is 0 Å². The number of nitrogens with zero attached hydrogens (tertiary/aromatic N) is 2. The minimum Gasteiger partial charge on any atom is -0.258 e. The molecule has 2 rings (SSSR count). The van der Waals surface area contributed by atoms with Crippen LogP contribution >= 0.6 is 0 Å². The molecule has 0 aliphatic rings. The van der Waals surface area contributed by atoms with E-state index in [-0.39, 0.29) is 21.5 Å². The molecule has 1 heterocycles. The lowest BCUT2D eigenvalue weighted by atomic mass is 10.2. The van der Waals surface area contributed by atoms with Gasteiger partial charge in [-0.05, 0) is 18.2 Å². The molecule has 0 saturated carbocycles. The molecular formula is C10H8N2O4S. The summed E-state index contributed by atoms with van der Waals surface area (Å²) in [5, 5.41) is 11.1. The van der Waals surface area contributed by atoms with Gasteiger partial charge in [-0.2, -0.15) is 0 Å². The molecule has 17 heavy (non-hydrogen) atoms. The molecule has 1 aromatic carbocycles. The summed E-state index contributed by atoms with van der Waals surface area (Å²) in [4.78, 5) is 14.1. The topological polar surface area (TPSA) is 90.2 Å². The highest BCUT2D eigenvalue weighted by molar-refractivity contribution is 7.91. The molecule has 0 fully saturated rings. The maximum atomic E-state index is 11.5. The van der Waals surface area contributed by atoms with E-state index in [1.54, 1.807) is 6.07 Å². The van der Waals surface area contributed by atoms with Crippen LogP contribution in [0.2, 0.25) is 0 Å². The van der Waals surface area contributed by atoms with Crippen molar-refractivity contribution in [3.63, 3.8) is 0 Å². The summed E-state index contributed by atoms with van der Waals surface area (Å²) in [6.07, 6.45) is 2.45. The Morgan fingerprint density at radius 1 is 1.29 bits per heavy atom. The van der Waals surface area contributed by atoms with Gasteiger partial charge in [0.2, 0.25) is 0 Å². The number of rotatable bonds is 2. The third-order valence-electron chi connectivity index (χ3n) is 2.30. The van der Waals surface area contributed by atoms with Gasteiger partial charge in [0.1, 0.15) is 5.52 Å². The third-order valence-corrected chi connectivity index (χ3v) is 3.46. The Morgan fingerprint density at radius 3 is 2.59 bits per heavy atom. The predicted molar refractivity (Wildman–Crippen MR) is 61.5 cm³/mol. The lowest BCUT2D eigenvalue weighted by Crippen LogP contribution is -2.00. The number of benzene rings is 1. The predicted octanol–water partition coefficient (Wildman–Crippen LogP) is 1.55. The smallest absolute Gasteiger partial charge is 0.258 e. The molecule has 0 aliphatic carbocycles. The summed E-state index contributed by atoms with van der Waals surface area (Å²) in [5.74, 6) is 0. The molecule has 0 N–H and O–H groups in total. The summed E-state index contributed by atoms with van der Waals surface area (Å²) < 4.78 is 23.1. The lowest BCUT2D eigenvalue weighted by molar-refractivity contribution is -0.383. The zero-order chi connectivity index (χ0) is 12.6. The monoisotopic (exact) mass is 252 g/mol. The number of hydrogen-bond donors (Lipinski definition) is 0. The quantitative estimate of drug-likeness (QED) is 0.597. The molecule has 0 unspecified atom stereocenters. The van der Waals surface area contributed by atoms with Crippen molar-refractivity contribution in [2.24, 2.45) is 0 Å². The van der Waals surface area contributed by atoms with Crippen molar-refractivity contribution < 1.29 is 13.3 Å². The van der Waals surface area contributed by atoms with Crippen LogP contribution in [-0.2, 0) is 9.84 Å². The molecule has 0 radical (unpaired) electrons. The van der Waals surface area contributed by atoms with Crippen LogP contribution in [0.25, 0.3) is 10.9 Å². The van der Waals surface area contributed by atoms with Crippen molar-refractivity contribution in [2.75, 3.05) is 6.26 Å². The highest BCUT2D eigenvalue weighted by Gasteiger charge is 2.19. The van der Waals surface area contributed by atoms with E-state index in [2.05, 4.69) is 4.98 Å².